The number of halogens is 2. The van der Waals surface area contributed by atoms with Gasteiger partial charge in [-0.2, -0.15) is 4.31 Å². The van der Waals surface area contributed by atoms with E-state index in [1.165, 1.54) is 4.31 Å². The summed E-state index contributed by atoms with van der Waals surface area (Å²) in [5.74, 6) is 0.335. The van der Waals surface area contributed by atoms with Crippen LogP contribution in [0, 0.1) is 0 Å². The summed E-state index contributed by atoms with van der Waals surface area (Å²) in [4.78, 5) is 14.5. The Morgan fingerprint density at radius 2 is 1.79 bits per heavy atom. The Kier molecular flexibility index (Phi) is 6.65. The molecule has 1 unspecified atom stereocenters. The van der Waals surface area contributed by atoms with Gasteiger partial charge in [-0.15, -0.1) is 0 Å². The molecular formula is C19H20BrClN2O4S. The summed E-state index contributed by atoms with van der Waals surface area (Å²) in [6.07, 6.45) is -0.690. The number of carbonyl (C=O) groups excluding carboxylic acids is 1. The van der Waals surface area contributed by atoms with Gasteiger partial charge < -0.3 is 9.64 Å². The molecule has 0 aliphatic carbocycles. The van der Waals surface area contributed by atoms with Crippen molar-refractivity contribution in [2.24, 2.45) is 0 Å². The number of piperazine rings is 1. The SMILES string of the molecule is CC(Oc1cccc(Cl)c1)C(=O)N1CCN(S(=O)(=O)c2ccccc2Br)CC1. The number of hydrogen-bond donors (Lipinski definition) is 0. The highest BCUT2D eigenvalue weighted by molar-refractivity contribution is 9.10. The first kappa shape index (κ1) is 21.1. The van der Waals surface area contributed by atoms with Crippen LogP contribution in [0.25, 0.3) is 0 Å². The average Bonchev–Trinajstić information content (AvgIpc) is 2.67. The number of benzene rings is 2. The summed E-state index contributed by atoms with van der Waals surface area (Å²) in [5.41, 5.74) is 0. The van der Waals surface area contributed by atoms with Gasteiger partial charge in [-0.1, -0.05) is 29.8 Å². The minimum Gasteiger partial charge on any atom is -0.481 e. The van der Waals surface area contributed by atoms with Crippen LogP contribution in [0.15, 0.2) is 57.9 Å². The molecule has 1 amide bonds. The first-order chi connectivity index (χ1) is 13.3. The van der Waals surface area contributed by atoms with E-state index in [2.05, 4.69) is 15.9 Å². The Bertz CT molecular complexity index is 962. The van der Waals surface area contributed by atoms with Crippen molar-refractivity contribution in [1.29, 1.82) is 0 Å². The molecule has 9 heteroatoms. The summed E-state index contributed by atoms with van der Waals surface area (Å²) in [5, 5.41) is 0.531. The van der Waals surface area contributed by atoms with Gasteiger partial charge >= 0.3 is 0 Å². The van der Waals surface area contributed by atoms with E-state index in [0.29, 0.717) is 28.3 Å². The number of amides is 1. The van der Waals surface area contributed by atoms with Crippen molar-refractivity contribution in [3.05, 3.63) is 58.0 Å². The summed E-state index contributed by atoms with van der Waals surface area (Å²) >= 11 is 9.23. The lowest BCUT2D eigenvalue weighted by Crippen LogP contribution is -2.53. The van der Waals surface area contributed by atoms with E-state index in [4.69, 9.17) is 16.3 Å². The van der Waals surface area contributed by atoms with Gasteiger partial charge in [-0.25, -0.2) is 8.42 Å². The van der Waals surface area contributed by atoms with Gasteiger partial charge in [-0.3, -0.25) is 4.79 Å². The Morgan fingerprint density at radius 3 is 2.43 bits per heavy atom. The third kappa shape index (κ3) is 4.68. The molecule has 0 saturated carbocycles. The van der Waals surface area contributed by atoms with Crippen LogP contribution in [0.2, 0.25) is 5.02 Å². The third-order valence-electron chi connectivity index (χ3n) is 4.46. The number of ether oxygens (including phenoxy) is 1. The maximum absolute atomic E-state index is 12.8. The Morgan fingerprint density at radius 1 is 1.11 bits per heavy atom. The molecule has 0 N–H and O–H groups in total. The highest BCUT2D eigenvalue weighted by atomic mass is 79.9. The lowest BCUT2D eigenvalue weighted by atomic mass is 10.2. The summed E-state index contributed by atoms with van der Waals surface area (Å²) in [6.45, 7) is 2.77. The highest BCUT2D eigenvalue weighted by Gasteiger charge is 2.32. The zero-order valence-corrected chi connectivity index (χ0v) is 18.4. The van der Waals surface area contributed by atoms with Crippen molar-refractivity contribution in [3.63, 3.8) is 0 Å². The molecule has 1 heterocycles. The minimum absolute atomic E-state index is 0.182. The molecule has 6 nitrogen and oxygen atoms in total. The predicted octanol–water partition coefficient (Wildman–Crippen LogP) is 3.40. The van der Waals surface area contributed by atoms with Crippen molar-refractivity contribution in [3.8, 4) is 5.75 Å². The molecule has 0 spiro atoms. The van der Waals surface area contributed by atoms with Crippen molar-refractivity contribution in [2.75, 3.05) is 26.2 Å². The fourth-order valence-electron chi connectivity index (χ4n) is 2.99. The lowest BCUT2D eigenvalue weighted by molar-refractivity contribution is -0.139. The Hall–Kier alpha value is -1.61. The van der Waals surface area contributed by atoms with Crippen molar-refractivity contribution >= 4 is 43.5 Å². The lowest BCUT2D eigenvalue weighted by Gasteiger charge is -2.35. The number of nitrogens with zero attached hydrogens (tertiary/aromatic N) is 2. The van der Waals surface area contributed by atoms with Crippen LogP contribution in [-0.2, 0) is 14.8 Å². The maximum atomic E-state index is 12.8. The maximum Gasteiger partial charge on any atom is 0.263 e. The van der Waals surface area contributed by atoms with Gasteiger partial charge in [0, 0.05) is 35.7 Å². The van der Waals surface area contributed by atoms with Crippen LogP contribution >= 0.6 is 27.5 Å². The first-order valence-electron chi connectivity index (χ1n) is 8.75. The van der Waals surface area contributed by atoms with E-state index in [1.807, 2.05) is 0 Å². The average molecular weight is 488 g/mol. The number of hydrogen-bond acceptors (Lipinski definition) is 4. The molecule has 0 aromatic heterocycles. The molecule has 1 aliphatic heterocycles. The van der Waals surface area contributed by atoms with Gasteiger partial charge in [0.2, 0.25) is 10.0 Å². The molecular weight excluding hydrogens is 468 g/mol. The van der Waals surface area contributed by atoms with E-state index < -0.39 is 16.1 Å². The van der Waals surface area contributed by atoms with Gasteiger partial charge in [0.05, 0.1) is 4.90 Å². The first-order valence-corrected chi connectivity index (χ1v) is 11.4. The molecule has 1 aliphatic rings. The van der Waals surface area contributed by atoms with Crippen LogP contribution in [0.4, 0.5) is 0 Å². The summed E-state index contributed by atoms with van der Waals surface area (Å²) in [7, 11) is -3.61. The van der Waals surface area contributed by atoms with E-state index in [-0.39, 0.29) is 23.9 Å². The smallest absolute Gasteiger partial charge is 0.263 e. The zero-order chi connectivity index (χ0) is 20.3. The zero-order valence-electron chi connectivity index (χ0n) is 15.2. The predicted molar refractivity (Wildman–Crippen MR) is 111 cm³/mol. The van der Waals surface area contributed by atoms with E-state index in [9.17, 15) is 13.2 Å². The fraction of sp³-hybridized carbons (Fsp3) is 0.316. The van der Waals surface area contributed by atoms with Crippen molar-refractivity contribution in [1.82, 2.24) is 9.21 Å². The van der Waals surface area contributed by atoms with Crippen LogP contribution in [0.5, 0.6) is 5.75 Å². The van der Waals surface area contributed by atoms with E-state index in [0.717, 1.165) is 0 Å². The second-order valence-electron chi connectivity index (χ2n) is 6.38. The van der Waals surface area contributed by atoms with E-state index >= 15 is 0 Å². The Balaban J connectivity index is 1.61. The van der Waals surface area contributed by atoms with Crippen LogP contribution in [-0.4, -0.2) is 55.8 Å². The van der Waals surface area contributed by atoms with Crippen LogP contribution < -0.4 is 4.74 Å². The Labute approximate surface area is 178 Å². The van der Waals surface area contributed by atoms with Crippen molar-refractivity contribution in [2.45, 2.75) is 17.9 Å². The van der Waals surface area contributed by atoms with E-state index in [1.54, 1.807) is 60.4 Å². The largest absolute Gasteiger partial charge is 0.481 e. The van der Waals surface area contributed by atoms with Gasteiger partial charge in [-0.05, 0) is 53.2 Å². The normalized spacial score (nSPS) is 16.6. The molecule has 0 radical (unpaired) electrons. The molecule has 2 aromatic carbocycles. The molecule has 2 aromatic rings. The fourth-order valence-corrected chi connectivity index (χ4v) is 5.56. The molecule has 0 bridgehead atoms. The second kappa shape index (κ2) is 8.82. The van der Waals surface area contributed by atoms with Crippen molar-refractivity contribution < 1.29 is 17.9 Å². The minimum atomic E-state index is -3.61. The number of carbonyl (C=O) groups is 1. The topological polar surface area (TPSA) is 66.9 Å². The van der Waals surface area contributed by atoms with Gasteiger partial charge in [0.1, 0.15) is 5.75 Å². The molecule has 3 rings (SSSR count). The number of sulfonamides is 1. The van der Waals surface area contributed by atoms with Crippen LogP contribution in [0.1, 0.15) is 6.92 Å². The molecule has 1 atom stereocenters. The summed E-state index contributed by atoms with van der Waals surface area (Å²) in [6, 6.07) is 13.6. The molecule has 28 heavy (non-hydrogen) atoms. The molecule has 1 fully saturated rings. The highest BCUT2D eigenvalue weighted by Crippen LogP contribution is 2.25. The third-order valence-corrected chi connectivity index (χ3v) is 7.61. The monoisotopic (exact) mass is 486 g/mol. The van der Waals surface area contributed by atoms with Gasteiger partial charge in [0.25, 0.3) is 5.91 Å². The molecule has 150 valence electrons. The van der Waals surface area contributed by atoms with Crippen LogP contribution in [0.3, 0.4) is 0 Å². The quantitative estimate of drug-likeness (QED) is 0.648. The summed E-state index contributed by atoms with van der Waals surface area (Å²) < 4.78 is 33.3. The standard InChI is InChI=1S/C19H20BrClN2O4S/c1-14(27-16-6-4-5-15(21)13-16)19(24)22-9-11-23(12-10-22)28(25,26)18-8-3-2-7-17(18)20/h2-8,13-14H,9-12H2,1H3. The number of rotatable bonds is 5. The second-order valence-corrected chi connectivity index (χ2v) is 9.57. The van der Waals surface area contributed by atoms with Gasteiger partial charge in [0.15, 0.2) is 6.10 Å². The molecule has 1 saturated heterocycles.